The van der Waals surface area contributed by atoms with Crippen molar-refractivity contribution in [1.29, 1.82) is 0 Å². The van der Waals surface area contributed by atoms with Crippen LogP contribution < -0.4 is 11.1 Å². The maximum Gasteiger partial charge on any atom is 0.228 e. The van der Waals surface area contributed by atoms with Crippen LogP contribution in [0.1, 0.15) is 17.0 Å². The molecule has 92 valence electrons. The van der Waals surface area contributed by atoms with Crippen LogP contribution in [0.4, 0.5) is 11.6 Å². The average Bonchev–Trinajstić information content (AvgIpc) is 2.31. The fourth-order valence-electron chi connectivity index (χ4n) is 1.58. The van der Waals surface area contributed by atoms with Crippen molar-refractivity contribution in [3.05, 3.63) is 47.3 Å². The van der Waals surface area contributed by atoms with E-state index in [2.05, 4.69) is 15.3 Å². The fraction of sp³-hybridized carbons (Fsp3) is 0.154. The van der Waals surface area contributed by atoms with Gasteiger partial charge in [0.1, 0.15) is 10.7 Å². The number of thiocarbonyl (C=S) groups is 1. The van der Waals surface area contributed by atoms with Crippen molar-refractivity contribution in [1.82, 2.24) is 9.97 Å². The largest absolute Gasteiger partial charge is 0.388 e. The van der Waals surface area contributed by atoms with Crippen molar-refractivity contribution in [2.24, 2.45) is 5.73 Å². The van der Waals surface area contributed by atoms with Gasteiger partial charge in [-0.15, -0.1) is 0 Å². The monoisotopic (exact) mass is 258 g/mol. The summed E-state index contributed by atoms with van der Waals surface area (Å²) in [4.78, 5) is 8.87. The SMILES string of the molecule is Cc1cc(C(N)=S)nc(Nc2ccccc2C)n1. The summed E-state index contributed by atoms with van der Waals surface area (Å²) < 4.78 is 0. The van der Waals surface area contributed by atoms with E-state index in [0.717, 1.165) is 16.9 Å². The summed E-state index contributed by atoms with van der Waals surface area (Å²) in [7, 11) is 0. The molecule has 3 N–H and O–H groups in total. The van der Waals surface area contributed by atoms with E-state index < -0.39 is 0 Å². The summed E-state index contributed by atoms with van der Waals surface area (Å²) in [6.45, 7) is 3.90. The number of hydrogen-bond acceptors (Lipinski definition) is 4. The molecule has 1 aromatic carbocycles. The molecular weight excluding hydrogens is 244 g/mol. The molecule has 0 aliphatic heterocycles. The van der Waals surface area contributed by atoms with E-state index in [-0.39, 0.29) is 4.99 Å². The van der Waals surface area contributed by atoms with E-state index in [1.54, 1.807) is 6.07 Å². The number of nitrogens with zero attached hydrogens (tertiary/aromatic N) is 2. The zero-order valence-corrected chi connectivity index (χ0v) is 11.1. The second-order valence-corrected chi connectivity index (χ2v) is 4.46. The molecule has 2 rings (SSSR count). The second-order valence-electron chi connectivity index (χ2n) is 4.02. The Morgan fingerprint density at radius 3 is 2.61 bits per heavy atom. The Morgan fingerprint density at radius 2 is 1.94 bits per heavy atom. The lowest BCUT2D eigenvalue weighted by atomic mass is 10.2. The van der Waals surface area contributed by atoms with Gasteiger partial charge in [-0.2, -0.15) is 0 Å². The molecule has 0 amide bonds. The molecule has 0 saturated carbocycles. The van der Waals surface area contributed by atoms with Crippen LogP contribution in [0.3, 0.4) is 0 Å². The Morgan fingerprint density at radius 1 is 1.22 bits per heavy atom. The first-order chi connectivity index (χ1) is 8.56. The van der Waals surface area contributed by atoms with Gasteiger partial charge >= 0.3 is 0 Å². The van der Waals surface area contributed by atoms with Crippen LogP contribution in [0.5, 0.6) is 0 Å². The summed E-state index contributed by atoms with van der Waals surface area (Å²) in [5.74, 6) is 0.507. The van der Waals surface area contributed by atoms with Crippen molar-refractivity contribution in [2.45, 2.75) is 13.8 Å². The van der Waals surface area contributed by atoms with E-state index in [1.807, 2.05) is 38.1 Å². The molecule has 1 aromatic heterocycles. The molecule has 0 aliphatic carbocycles. The minimum absolute atomic E-state index is 0.272. The first-order valence-corrected chi connectivity index (χ1v) is 5.95. The van der Waals surface area contributed by atoms with Crippen LogP contribution in [0.2, 0.25) is 0 Å². The van der Waals surface area contributed by atoms with Crippen LogP contribution in [-0.4, -0.2) is 15.0 Å². The highest BCUT2D eigenvalue weighted by molar-refractivity contribution is 7.80. The zero-order valence-electron chi connectivity index (χ0n) is 10.3. The smallest absolute Gasteiger partial charge is 0.228 e. The molecule has 4 nitrogen and oxygen atoms in total. The molecule has 0 unspecified atom stereocenters. The summed E-state index contributed by atoms with van der Waals surface area (Å²) in [6, 6.07) is 9.71. The van der Waals surface area contributed by atoms with Gasteiger partial charge in [0.15, 0.2) is 0 Å². The Labute approximate surface area is 111 Å². The predicted molar refractivity (Wildman–Crippen MR) is 77.1 cm³/mol. The summed E-state index contributed by atoms with van der Waals surface area (Å²) in [5, 5.41) is 3.17. The third-order valence-corrected chi connectivity index (χ3v) is 2.71. The quantitative estimate of drug-likeness (QED) is 0.828. The van der Waals surface area contributed by atoms with Crippen LogP contribution in [0.15, 0.2) is 30.3 Å². The van der Waals surface area contributed by atoms with Crippen LogP contribution in [0, 0.1) is 13.8 Å². The number of para-hydroxylation sites is 1. The average molecular weight is 258 g/mol. The van der Waals surface area contributed by atoms with E-state index in [9.17, 15) is 0 Å². The van der Waals surface area contributed by atoms with Crippen molar-refractivity contribution >= 4 is 28.8 Å². The van der Waals surface area contributed by atoms with Crippen molar-refractivity contribution in [3.63, 3.8) is 0 Å². The lowest BCUT2D eigenvalue weighted by Gasteiger charge is -2.09. The number of nitrogens with one attached hydrogen (secondary N) is 1. The highest BCUT2D eigenvalue weighted by atomic mass is 32.1. The number of anilines is 2. The summed E-state index contributed by atoms with van der Waals surface area (Å²) in [6.07, 6.45) is 0. The van der Waals surface area contributed by atoms with Gasteiger partial charge in [-0.25, -0.2) is 9.97 Å². The lowest BCUT2D eigenvalue weighted by Crippen LogP contribution is -2.14. The van der Waals surface area contributed by atoms with Crippen LogP contribution >= 0.6 is 12.2 Å². The second kappa shape index (κ2) is 5.10. The molecule has 1 heterocycles. The normalized spacial score (nSPS) is 10.1. The number of aryl methyl sites for hydroxylation is 2. The number of aromatic nitrogens is 2. The van der Waals surface area contributed by atoms with Gasteiger partial charge < -0.3 is 11.1 Å². The molecule has 0 radical (unpaired) electrons. The van der Waals surface area contributed by atoms with Gasteiger partial charge in [-0.3, -0.25) is 0 Å². The minimum atomic E-state index is 0.272. The predicted octanol–water partition coefficient (Wildman–Crippen LogP) is 2.47. The van der Waals surface area contributed by atoms with Gasteiger partial charge in [-0.05, 0) is 31.5 Å². The highest BCUT2D eigenvalue weighted by Gasteiger charge is 2.05. The molecule has 5 heteroatoms. The third-order valence-electron chi connectivity index (χ3n) is 2.50. The number of benzene rings is 1. The topological polar surface area (TPSA) is 63.8 Å². The van der Waals surface area contributed by atoms with Crippen LogP contribution in [-0.2, 0) is 0 Å². The first-order valence-electron chi connectivity index (χ1n) is 5.54. The van der Waals surface area contributed by atoms with Gasteiger partial charge in [-0.1, -0.05) is 30.4 Å². The van der Waals surface area contributed by atoms with Gasteiger partial charge in [0.25, 0.3) is 0 Å². The van der Waals surface area contributed by atoms with Crippen LogP contribution in [0.25, 0.3) is 0 Å². The summed E-state index contributed by atoms with van der Waals surface area (Å²) in [5.41, 5.74) is 9.08. The number of hydrogen-bond donors (Lipinski definition) is 2. The van der Waals surface area contributed by atoms with E-state index in [1.165, 1.54) is 0 Å². The molecule has 0 spiro atoms. The molecule has 0 atom stereocenters. The van der Waals surface area contributed by atoms with Crippen molar-refractivity contribution in [3.8, 4) is 0 Å². The van der Waals surface area contributed by atoms with Crippen molar-refractivity contribution < 1.29 is 0 Å². The van der Waals surface area contributed by atoms with Gasteiger partial charge in [0, 0.05) is 11.4 Å². The Kier molecular flexibility index (Phi) is 3.53. The lowest BCUT2D eigenvalue weighted by molar-refractivity contribution is 1.09. The maximum absolute atomic E-state index is 5.59. The van der Waals surface area contributed by atoms with Gasteiger partial charge in [0.2, 0.25) is 5.95 Å². The molecule has 2 aromatic rings. The first kappa shape index (κ1) is 12.4. The molecule has 0 fully saturated rings. The van der Waals surface area contributed by atoms with Gasteiger partial charge in [0.05, 0.1) is 0 Å². The van der Waals surface area contributed by atoms with Crippen molar-refractivity contribution in [2.75, 3.05) is 5.32 Å². The van der Waals surface area contributed by atoms with E-state index in [0.29, 0.717) is 11.6 Å². The molecular formula is C13H14N4S. The molecule has 0 aliphatic rings. The molecule has 0 bridgehead atoms. The Bertz CT molecular complexity index is 595. The Hall–Kier alpha value is -2.01. The number of nitrogens with two attached hydrogens (primary N) is 1. The molecule has 0 saturated heterocycles. The maximum atomic E-state index is 5.59. The third kappa shape index (κ3) is 2.81. The summed E-state index contributed by atoms with van der Waals surface area (Å²) >= 11 is 4.93. The standard InChI is InChI=1S/C13H14N4S/c1-8-5-3-4-6-10(8)16-13-15-9(2)7-11(17-13)12(14)18/h3-7H,1-2H3,(H2,14,18)(H,15,16,17). The molecule has 18 heavy (non-hydrogen) atoms. The van der Waals surface area contributed by atoms with E-state index in [4.69, 9.17) is 18.0 Å². The van der Waals surface area contributed by atoms with E-state index >= 15 is 0 Å². The number of rotatable bonds is 3. The fourth-order valence-corrected chi connectivity index (χ4v) is 1.69. The Balaban J connectivity index is 2.35. The highest BCUT2D eigenvalue weighted by Crippen LogP contribution is 2.17. The minimum Gasteiger partial charge on any atom is -0.388 e. The zero-order chi connectivity index (χ0) is 13.1.